The Morgan fingerprint density at radius 3 is 2.57 bits per heavy atom. The van der Waals surface area contributed by atoms with Crippen LogP contribution in [0, 0.1) is 5.82 Å². The van der Waals surface area contributed by atoms with Gasteiger partial charge in [-0.1, -0.05) is 30.3 Å². The molecule has 2 aromatic carbocycles. The molecule has 152 valence electrons. The van der Waals surface area contributed by atoms with Crippen LogP contribution in [0.2, 0.25) is 0 Å². The number of nitrogens with zero attached hydrogens (tertiary/aromatic N) is 1. The maximum absolute atomic E-state index is 13.7. The van der Waals surface area contributed by atoms with Gasteiger partial charge in [0.1, 0.15) is 5.82 Å². The fourth-order valence-electron chi connectivity index (χ4n) is 2.41. The monoisotopic (exact) mass is 408 g/mol. The van der Waals surface area contributed by atoms with E-state index < -0.39 is 10.0 Å². The van der Waals surface area contributed by atoms with E-state index in [0.29, 0.717) is 24.7 Å². The van der Waals surface area contributed by atoms with Crippen molar-refractivity contribution in [3.63, 3.8) is 0 Å². The molecule has 0 radical (unpaired) electrons. The van der Waals surface area contributed by atoms with Crippen molar-refractivity contribution in [2.24, 2.45) is 4.99 Å². The molecule has 7 nitrogen and oxygen atoms in total. The molecule has 0 fully saturated rings. The van der Waals surface area contributed by atoms with Crippen LogP contribution in [-0.2, 0) is 27.8 Å². The van der Waals surface area contributed by atoms with Crippen LogP contribution in [0.5, 0.6) is 0 Å². The van der Waals surface area contributed by atoms with Gasteiger partial charge in [0.2, 0.25) is 10.0 Å². The fourth-order valence-corrected chi connectivity index (χ4v) is 3.49. The van der Waals surface area contributed by atoms with E-state index in [4.69, 9.17) is 4.74 Å². The lowest BCUT2D eigenvalue weighted by atomic mass is 10.2. The first kappa shape index (κ1) is 21.8. The molecule has 0 aliphatic heterocycles. The summed E-state index contributed by atoms with van der Waals surface area (Å²) in [6.07, 6.45) is 0. The molecule has 2 rings (SSSR count). The Bertz CT molecular complexity index is 904. The number of sulfonamides is 1. The Kier molecular flexibility index (Phi) is 8.37. The van der Waals surface area contributed by atoms with E-state index in [1.807, 2.05) is 6.07 Å². The van der Waals surface area contributed by atoms with Gasteiger partial charge in [0.15, 0.2) is 5.96 Å². The second kappa shape index (κ2) is 10.7. The van der Waals surface area contributed by atoms with Crippen molar-refractivity contribution in [1.82, 2.24) is 15.4 Å². The van der Waals surface area contributed by atoms with Crippen molar-refractivity contribution in [2.45, 2.75) is 18.0 Å². The number of nitrogens with one attached hydrogen (secondary N) is 3. The quantitative estimate of drug-likeness (QED) is 0.333. The van der Waals surface area contributed by atoms with Crippen molar-refractivity contribution >= 4 is 16.0 Å². The van der Waals surface area contributed by atoms with E-state index in [1.54, 1.807) is 37.4 Å². The molecule has 2 aromatic rings. The van der Waals surface area contributed by atoms with Gasteiger partial charge in [0, 0.05) is 39.4 Å². The lowest BCUT2D eigenvalue weighted by Crippen LogP contribution is -2.36. The molecular formula is C19H25FN4O3S. The van der Waals surface area contributed by atoms with Gasteiger partial charge >= 0.3 is 0 Å². The number of benzene rings is 2. The minimum atomic E-state index is -3.60. The molecule has 0 heterocycles. The van der Waals surface area contributed by atoms with Gasteiger partial charge in [-0.15, -0.1) is 0 Å². The summed E-state index contributed by atoms with van der Waals surface area (Å²) in [6.45, 7) is 1.14. The van der Waals surface area contributed by atoms with E-state index in [9.17, 15) is 12.8 Å². The average molecular weight is 408 g/mol. The molecule has 0 aliphatic rings. The predicted octanol–water partition coefficient (Wildman–Crippen LogP) is 1.62. The highest BCUT2D eigenvalue weighted by Gasteiger charge is 2.13. The van der Waals surface area contributed by atoms with Gasteiger partial charge in [-0.05, 0) is 23.8 Å². The smallest absolute Gasteiger partial charge is 0.240 e. The third kappa shape index (κ3) is 6.59. The highest BCUT2D eigenvalue weighted by atomic mass is 32.2. The number of ether oxygens (including phenoxy) is 1. The summed E-state index contributed by atoms with van der Waals surface area (Å²) in [5.41, 5.74) is 1.30. The van der Waals surface area contributed by atoms with Crippen LogP contribution >= 0.6 is 0 Å². The standard InChI is InChI=1S/C19H25FN4O3S/c1-21-19(23-14-16-7-3-4-9-18(16)20)22-13-15-6-5-8-17(12-15)28(25,26)24-10-11-27-2/h3-9,12,24H,10-11,13-14H2,1-2H3,(H2,21,22,23). The summed E-state index contributed by atoms with van der Waals surface area (Å²) >= 11 is 0. The predicted molar refractivity (Wildman–Crippen MR) is 107 cm³/mol. The molecule has 0 spiro atoms. The molecule has 0 unspecified atom stereocenters. The minimum Gasteiger partial charge on any atom is -0.383 e. The Hall–Kier alpha value is -2.49. The topological polar surface area (TPSA) is 91.8 Å². The van der Waals surface area contributed by atoms with Crippen LogP contribution in [0.3, 0.4) is 0 Å². The van der Waals surface area contributed by atoms with Crippen LogP contribution in [0.1, 0.15) is 11.1 Å². The lowest BCUT2D eigenvalue weighted by Gasteiger charge is -2.13. The molecule has 9 heteroatoms. The number of aliphatic imine (C=N–C) groups is 1. The van der Waals surface area contributed by atoms with Gasteiger partial charge in [-0.2, -0.15) is 0 Å². The average Bonchev–Trinajstić information content (AvgIpc) is 2.69. The highest BCUT2D eigenvalue weighted by molar-refractivity contribution is 7.89. The summed E-state index contributed by atoms with van der Waals surface area (Å²) in [4.78, 5) is 4.27. The van der Waals surface area contributed by atoms with Crippen molar-refractivity contribution < 1.29 is 17.5 Å². The van der Waals surface area contributed by atoms with E-state index in [0.717, 1.165) is 5.56 Å². The summed E-state index contributed by atoms with van der Waals surface area (Å²) in [5.74, 6) is 0.194. The summed E-state index contributed by atoms with van der Waals surface area (Å²) in [5, 5.41) is 6.12. The minimum absolute atomic E-state index is 0.178. The molecule has 0 amide bonds. The second-order valence-corrected chi connectivity index (χ2v) is 7.68. The molecular weight excluding hydrogens is 383 g/mol. The summed E-state index contributed by atoms with van der Waals surface area (Å²) in [7, 11) is -0.479. The molecule has 0 bridgehead atoms. The lowest BCUT2D eigenvalue weighted by molar-refractivity contribution is 0.204. The van der Waals surface area contributed by atoms with E-state index >= 15 is 0 Å². The zero-order chi connectivity index (χ0) is 20.4. The number of hydrogen-bond donors (Lipinski definition) is 3. The van der Waals surface area contributed by atoms with Crippen LogP contribution in [0.25, 0.3) is 0 Å². The third-order valence-electron chi connectivity index (χ3n) is 3.89. The van der Waals surface area contributed by atoms with Crippen molar-refractivity contribution in [2.75, 3.05) is 27.3 Å². The summed E-state index contributed by atoms with van der Waals surface area (Å²) in [6, 6.07) is 13.1. The molecule has 28 heavy (non-hydrogen) atoms. The Morgan fingerprint density at radius 1 is 1.11 bits per heavy atom. The molecule has 0 atom stereocenters. The second-order valence-electron chi connectivity index (χ2n) is 5.91. The molecule has 0 saturated heterocycles. The van der Waals surface area contributed by atoms with Gasteiger partial charge in [-0.3, -0.25) is 4.99 Å². The number of halogens is 1. The first-order chi connectivity index (χ1) is 13.5. The molecule has 0 aliphatic carbocycles. The van der Waals surface area contributed by atoms with Crippen LogP contribution in [0.4, 0.5) is 4.39 Å². The normalized spacial score (nSPS) is 12.0. The number of methoxy groups -OCH3 is 1. The van der Waals surface area contributed by atoms with Gasteiger partial charge < -0.3 is 15.4 Å². The molecule has 3 N–H and O–H groups in total. The number of guanidine groups is 1. The zero-order valence-corrected chi connectivity index (χ0v) is 16.7. The van der Waals surface area contributed by atoms with Crippen molar-refractivity contribution in [3.05, 3.63) is 65.5 Å². The Morgan fingerprint density at radius 2 is 1.86 bits per heavy atom. The largest absolute Gasteiger partial charge is 0.383 e. The first-order valence-electron chi connectivity index (χ1n) is 8.71. The van der Waals surface area contributed by atoms with Crippen molar-refractivity contribution in [3.8, 4) is 0 Å². The van der Waals surface area contributed by atoms with Crippen LogP contribution < -0.4 is 15.4 Å². The van der Waals surface area contributed by atoms with Gasteiger partial charge in [0.25, 0.3) is 0 Å². The summed E-state index contributed by atoms with van der Waals surface area (Å²) < 4.78 is 45.6. The number of hydrogen-bond acceptors (Lipinski definition) is 4. The van der Waals surface area contributed by atoms with Crippen LogP contribution in [0.15, 0.2) is 58.4 Å². The van der Waals surface area contributed by atoms with Gasteiger partial charge in [0.05, 0.1) is 11.5 Å². The molecule has 0 aromatic heterocycles. The highest BCUT2D eigenvalue weighted by Crippen LogP contribution is 2.11. The maximum Gasteiger partial charge on any atom is 0.240 e. The Labute approximate surface area is 165 Å². The SMILES string of the molecule is CN=C(NCc1cccc(S(=O)(=O)NCCOC)c1)NCc1ccccc1F. The fraction of sp³-hybridized carbons (Fsp3) is 0.316. The van der Waals surface area contributed by atoms with E-state index in [1.165, 1.54) is 19.2 Å². The van der Waals surface area contributed by atoms with Crippen molar-refractivity contribution in [1.29, 1.82) is 0 Å². The maximum atomic E-state index is 13.7. The van der Waals surface area contributed by atoms with Crippen LogP contribution in [-0.4, -0.2) is 41.7 Å². The Balaban J connectivity index is 1.95. The third-order valence-corrected chi connectivity index (χ3v) is 5.35. The first-order valence-corrected chi connectivity index (χ1v) is 10.2. The molecule has 0 saturated carbocycles. The van der Waals surface area contributed by atoms with E-state index in [2.05, 4.69) is 20.3 Å². The number of rotatable bonds is 9. The zero-order valence-electron chi connectivity index (χ0n) is 15.9. The van der Waals surface area contributed by atoms with E-state index in [-0.39, 0.29) is 23.8 Å². The van der Waals surface area contributed by atoms with Gasteiger partial charge in [-0.25, -0.2) is 17.5 Å².